The number of pyridine rings is 1. The number of halogens is 2. The minimum atomic E-state index is -0.899. The first kappa shape index (κ1) is 18.2. The van der Waals surface area contributed by atoms with Crippen molar-refractivity contribution in [3.05, 3.63) is 64.0 Å². The number of fused-ring (bicyclic) bond motifs is 1. The van der Waals surface area contributed by atoms with Crippen molar-refractivity contribution in [2.45, 2.75) is 12.5 Å². The third kappa shape index (κ3) is 3.81. The molecule has 2 heterocycles. The Labute approximate surface area is 159 Å². The average molecular weight is 392 g/mol. The molecular weight excluding hydrogens is 377 g/mol. The van der Waals surface area contributed by atoms with Crippen LogP contribution < -0.4 is 5.32 Å². The summed E-state index contributed by atoms with van der Waals surface area (Å²) in [5.74, 6) is -1.17. The van der Waals surface area contributed by atoms with Gasteiger partial charge in [0.25, 0.3) is 5.91 Å². The number of hydrogen-bond acceptors (Lipinski definition) is 4. The van der Waals surface area contributed by atoms with Crippen molar-refractivity contribution in [1.29, 1.82) is 0 Å². The van der Waals surface area contributed by atoms with Gasteiger partial charge in [0, 0.05) is 23.5 Å². The first-order chi connectivity index (χ1) is 12.5. The van der Waals surface area contributed by atoms with Crippen molar-refractivity contribution in [2.24, 2.45) is 0 Å². The molecule has 0 saturated heterocycles. The maximum atomic E-state index is 12.5. The highest BCUT2D eigenvalue weighted by atomic mass is 35.5. The summed E-state index contributed by atoms with van der Waals surface area (Å²) in [6.45, 7) is 0. The lowest BCUT2D eigenvalue weighted by Gasteiger charge is -2.16. The number of H-pyrrole nitrogens is 1. The fourth-order valence-corrected chi connectivity index (χ4v) is 3.00. The van der Waals surface area contributed by atoms with Gasteiger partial charge >= 0.3 is 5.97 Å². The van der Waals surface area contributed by atoms with Crippen LogP contribution in [0.1, 0.15) is 16.1 Å². The van der Waals surface area contributed by atoms with Gasteiger partial charge in [-0.05, 0) is 23.8 Å². The molecule has 1 unspecified atom stereocenters. The Bertz CT molecular complexity index is 971. The van der Waals surface area contributed by atoms with E-state index in [0.717, 1.165) is 16.5 Å². The number of carbonyl (C=O) groups is 2. The Morgan fingerprint density at radius 3 is 2.77 bits per heavy atom. The van der Waals surface area contributed by atoms with Crippen LogP contribution >= 0.6 is 23.2 Å². The average Bonchev–Trinajstić information content (AvgIpc) is 3.05. The van der Waals surface area contributed by atoms with Crippen LogP contribution in [0.4, 0.5) is 0 Å². The first-order valence-electron chi connectivity index (χ1n) is 7.75. The number of aromatic amines is 1. The van der Waals surface area contributed by atoms with Crippen LogP contribution in [0.2, 0.25) is 10.2 Å². The Morgan fingerprint density at radius 1 is 1.23 bits per heavy atom. The molecule has 0 saturated carbocycles. The van der Waals surface area contributed by atoms with Gasteiger partial charge in [0.1, 0.15) is 16.9 Å². The lowest BCUT2D eigenvalue weighted by molar-refractivity contribution is -0.142. The number of carbonyl (C=O) groups excluding carboxylic acids is 2. The van der Waals surface area contributed by atoms with E-state index < -0.39 is 17.9 Å². The van der Waals surface area contributed by atoms with E-state index in [-0.39, 0.29) is 22.3 Å². The zero-order chi connectivity index (χ0) is 18.7. The summed E-state index contributed by atoms with van der Waals surface area (Å²) in [6, 6.07) is 9.73. The second-order valence-electron chi connectivity index (χ2n) is 5.58. The van der Waals surface area contributed by atoms with E-state index in [4.69, 9.17) is 27.9 Å². The summed E-state index contributed by atoms with van der Waals surface area (Å²) in [5, 5.41) is 3.86. The minimum Gasteiger partial charge on any atom is -0.467 e. The van der Waals surface area contributed by atoms with E-state index in [1.807, 2.05) is 24.3 Å². The number of rotatable bonds is 5. The molecule has 6 nitrogen and oxygen atoms in total. The summed E-state index contributed by atoms with van der Waals surface area (Å²) in [4.78, 5) is 31.7. The molecule has 3 aromatic rings. The lowest BCUT2D eigenvalue weighted by atomic mass is 10.0. The van der Waals surface area contributed by atoms with Crippen molar-refractivity contribution in [1.82, 2.24) is 15.3 Å². The van der Waals surface area contributed by atoms with E-state index in [1.54, 1.807) is 6.20 Å². The van der Waals surface area contributed by atoms with Crippen molar-refractivity contribution >= 4 is 46.0 Å². The Balaban J connectivity index is 1.85. The maximum absolute atomic E-state index is 12.5. The Morgan fingerprint density at radius 2 is 2.00 bits per heavy atom. The minimum absolute atomic E-state index is 0.0491. The fraction of sp³-hybridized carbons (Fsp3) is 0.167. The molecule has 8 heteroatoms. The van der Waals surface area contributed by atoms with Crippen molar-refractivity contribution in [3.8, 4) is 0 Å². The van der Waals surface area contributed by atoms with E-state index in [9.17, 15) is 9.59 Å². The molecule has 0 aliphatic heterocycles. The SMILES string of the molecule is COC(=O)C(Cc1c[nH]c2ccccc12)NC(=O)c1nc(Cl)ccc1Cl. The molecule has 2 N–H and O–H groups in total. The maximum Gasteiger partial charge on any atom is 0.328 e. The molecule has 0 aliphatic carbocycles. The van der Waals surface area contributed by atoms with Crippen LogP contribution in [-0.2, 0) is 16.0 Å². The molecule has 134 valence electrons. The van der Waals surface area contributed by atoms with Crippen LogP contribution in [-0.4, -0.2) is 35.0 Å². The molecule has 2 aromatic heterocycles. The number of esters is 1. The molecule has 3 rings (SSSR count). The number of para-hydroxylation sites is 1. The zero-order valence-corrected chi connectivity index (χ0v) is 15.3. The number of ether oxygens (including phenoxy) is 1. The summed E-state index contributed by atoms with van der Waals surface area (Å²) in [7, 11) is 1.27. The fourth-order valence-electron chi connectivity index (χ4n) is 2.66. The second-order valence-corrected chi connectivity index (χ2v) is 6.37. The molecule has 0 radical (unpaired) electrons. The van der Waals surface area contributed by atoms with Gasteiger partial charge in [-0.3, -0.25) is 4.79 Å². The van der Waals surface area contributed by atoms with Gasteiger partial charge in [-0.15, -0.1) is 0 Å². The number of aromatic nitrogens is 2. The van der Waals surface area contributed by atoms with Gasteiger partial charge in [0.2, 0.25) is 0 Å². The van der Waals surface area contributed by atoms with Gasteiger partial charge < -0.3 is 15.0 Å². The Hall–Kier alpha value is -2.57. The second kappa shape index (κ2) is 7.76. The van der Waals surface area contributed by atoms with Crippen molar-refractivity contribution in [3.63, 3.8) is 0 Å². The molecule has 26 heavy (non-hydrogen) atoms. The van der Waals surface area contributed by atoms with Gasteiger partial charge in [0.15, 0.2) is 0 Å². The molecule has 0 fully saturated rings. The van der Waals surface area contributed by atoms with Gasteiger partial charge in [-0.1, -0.05) is 41.4 Å². The van der Waals surface area contributed by atoms with Gasteiger partial charge in [-0.25, -0.2) is 9.78 Å². The number of amides is 1. The zero-order valence-electron chi connectivity index (χ0n) is 13.8. The normalized spacial score (nSPS) is 12.0. The van der Waals surface area contributed by atoms with E-state index in [0.29, 0.717) is 0 Å². The molecule has 1 aromatic carbocycles. The van der Waals surface area contributed by atoms with Gasteiger partial charge in [0.05, 0.1) is 12.1 Å². The standard InChI is InChI=1S/C18H15Cl2N3O3/c1-26-18(25)14(8-10-9-21-13-5-3-2-4-11(10)13)22-17(24)16-12(19)6-7-15(20)23-16/h2-7,9,14,21H,8H2,1H3,(H,22,24). The van der Waals surface area contributed by atoms with Crippen LogP contribution in [0.25, 0.3) is 10.9 Å². The van der Waals surface area contributed by atoms with E-state index in [1.165, 1.54) is 19.2 Å². The molecule has 1 atom stereocenters. The number of hydrogen-bond donors (Lipinski definition) is 2. The molecule has 1 amide bonds. The molecule has 0 bridgehead atoms. The summed E-state index contributed by atoms with van der Waals surface area (Å²) < 4.78 is 4.82. The number of nitrogens with zero attached hydrogens (tertiary/aromatic N) is 1. The third-order valence-electron chi connectivity index (χ3n) is 3.92. The summed E-state index contributed by atoms with van der Waals surface area (Å²) in [5.41, 5.74) is 1.77. The predicted molar refractivity (Wildman–Crippen MR) is 99.5 cm³/mol. The largest absolute Gasteiger partial charge is 0.467 e. The van der Waals surface area contributed by atoms with Gasteiger partial charge in [-0.2, -0.15) is 0 Å². The highest BCUT2D eigenvalue weighted by molar-refractivity contribution is 6.34. The monoisotopic (exact) mass is 391 g/mol. The molecule has 0 aliphatic rings. The van der Waals surface area contributed by atoms with Crippen LogP contribution in [0.15, 0.2) is 42.6 Å². The number of nitrogens with one attached hydrogen (secondary N) is 2. The Kier molecular flexibility index (Phi) is 5.44. The van der Waals surface area contributed by atoms with E-state index >= 15 is 0 Å². The van der Waals surface area contributed by atoms with Crippen LogP contribution in [0.3, 0.4) is 0 Å². The first-order valence-corrected chi connectivity index (χ1v) is 8.51. The topological polar surface area (TPSA) is 84.1 Å². The summed E-state index contributed by atoms with van der Waals surface area (Å²) in [6.07, 6.45) is 2.05. The lowest BCUT2D eigenvalue weighted by Crippen LogP contribution is -2.43. The van der Waals surface area contributed by atoms with Crippen LogP contribution in [0.5, 0.6) is 0 Å². The highest BCUT2D eigenvalue weighted by Crippen LogP contribution is 2.20. The molecule has 0 spiro atoms. The van der Waals surface area contributed by atoms with Crippen LogP contribution in [0, 0.1) is 0 Å². The number of methoxy groups -OCH3 is 1. The number of benzene rings is 1. The third-order valence-corrected chi connectivity index (χ3v) is 4.43. The smallest absolute Gasteiger partial charge is 0.328 e. The summed E-state index contributed by atoms with van der Waals surface area (Å²) >= 11 is 11.8. The molecular formula is C18H15Cl2N3O3. The highest BCUT2D eigenvalue weighted by Gasteiger charge is 2.25. The van der Waals surface area contributed by atoms with Crippen molar-refractivity contribution < 1.29 is 14.3 Å². The van der Waals surface area contributed by atoms with E-state index in [2.05, 4.69) is 15.3 Å². The quantitative estimate of drug-likeness (QED) is 0.515. The van der Waals surface area contributed by atoms with Crippen molar-refractivity contribution in [2.75, 3.05) is 7.11 Å². The predicted octanol–water partition coefficient (Wildman–Crippen LogP) is 3.38.